The Balaban J connectivity index is 1.69. The van der Waals surface area contributed by atoms with Gasteiger partial charge in [-0.15, -0.1) is 5.10 Å². The molecule has 1 atom stereocenters. The molecule has 3 aromatic rings. The summed E-state index contributed by atoms with van der Waals surface area (Å²) >= 11 is 0. The Kier molecular flexibility index (Phi) is 5.40. The van der Waals surface area contributed by atoms with Crippen LogP contribution in [0, 0.1) is 0 Å². The van der Waals surface area contributed by atoms with Crippen LogP contribution >= 0.6 is 0 Å². The van der Waals surface area contributed by atoms with Gasteiger partial charge in [-0.3, -0.25) is 0 Å². The first-order valence-electron chi connectivity index (χ1n) is 10.2. The first-order chi connectivity index (χ1) is 15.7. The van der Waals surface area contributed by atoms with E-state index in [1.165, 1.54) is 6.07 Å². The molecule has 0 spiro atoms. The molecule has 1 aromatic carbocycles. The molecule has 4 heterocycles. The van der Waals surface area contributed by atoms with Crippen molar-refractivity contribution in [2.45, 2.75) is 35.2 Å². The van der Waals surface area contributed by atoms with Gasteiger partial charge in [-0.1, -0.05) is 0 Å². The lowest BCUT2D eigenvalue weighted by molar-refractivity contribution is 0.555. The highest BCUT2D eigenvalue weighted by molar-refractivity contribution is 7.92. The van der Waals surface area contributed by atoms with E-state index >= 15 is 0 Å². The van der Waals surface area contributed by atoms with E-state index in [0.717, 1.165) is 11.4 Å². The average Bonchev–Trinajstić information content (AvgIpc) is 3.53. The van der Waals surface area contributed by atoms with Crippen molar-refractivity contribution in [1.29, 1.82) is 0 Å². The average molecular weight is 495 g/mol. The molecule has 0 radical (unpaired) electrons. The molecule has 2 aromatic heterocycles. The number of anilines is 1. The van der Waals surface area contributed by atoms with Crippen molar-refractivity contribution >= 4 is 25.7 Å². The van der Waals surface area contributed by atoms with Crippen molar-refractivity contribution in [2.75, 3.05) is 24.5 Å². The highest BCUT2D eigenvalue weighted by Crippen LogP contribution is 2.39. The van der Waals surface area contributed by atoms with E-state index in [4.69, 9.17) is 5.14 Å². The number of nitrogens with zero attached hydrogens (tertiary/aromatic N) is 5. The molecule has 33 heavy (non-hydrogen) atoms. The summed E-state index contributed by atoms with van der Waals surface area (Å²) in [5.41, 5.74) is 2.23. The van der Waals surface area contributed by atoms with E-state index in [0.29, 0.717) is 44.7 Å². The number of fused-ring (bicyclic) bond motifs is 1. The largest absolute Gasteiger partial charge is 0.365 e. The zero-order valence-electron chi connectivity index (χ0n) is 17.3. The Hall–Kier alpha value is -2.92. The minimum absolute atomic E-state index is 0.00564. The minimum atomic E-state index is -4.52. The van der Waals surface area contributed by atoms with Crippen molar-refractivity contribution in [1.82, 2.24) is 40.6 Å². The molecule has 0 aliphatic carbocycles. The fraction of sp³-hybridized carbons (Fsp3) is 0.412. The van der Waals surface area contributed by atoms with Crippen LogP contribution in [0.5, 0.6) is 0 Å². The maximum atomic E-state index is 13.2. The van der Waals surface area contributed by atoms with Gasteiger partial charge in [0.05, 0.1) is 24.1 Å². The summed E-state index contributed by atoms with van der Waals surface area (Å²) in [4.78, 5) is 8.27. The Bertz CT molecular complexity index is 1380. The van der Waals surface area contributed by atoms with Gasteiger partial charge in [0.15, 0.2) is 5.82 Å². The zero-order chi connectivity index (χ0) is 23.2. The monoisotopic (exact) mass is 494 g/mol. The van der Waals surface area contributed by atoms with Gasteiger partial charge in [-0.25, -0.2) is 36.8 Å². The van der Waals surface area contributed by atoms with Crippen molar-refractivity contribution < 1.29 is 16.8 Å². The quantitative estimate of drug-likeness (QED) is 0.266. The summed E-state index contributed by atoms with van der Waals surface area (Å²) in [7, 11) is -8.74. The molecule has 16 heteroatoms. The summed E-state index contributed by atoms with van der Waals surface area (Å²) in [6.45, 7) is 2.02. The first kappa shape index (κ1) is 21.9. The predicted octanol–water partition coefficient (Wildman–Crippen LogP) is -1.56. The number of aromatic amines is 2. The number of H-pyrrole nitrogens is 2. The third-order valence-electron chi connectivity index (χ3n) is 5.76. The highest BCUT2D eigenvalue weighted by Gasteiger charge is 2.35. The van der Waals surface area contributed by atoms with Crippen molar-refractivity contribution in [3.8, 4) is 11.4 Å². The van der Waals surface area contributed by atoms with E-state index in [1.54, 1.807) is 12.4 Å². The third kappa shape index (κ3) is 4.10. The number of primary sulfonamides is 1. The number of aromatic nitrogens is 6. The molecule has 14 nitrogen and oxygen atoms in total. The minimum Gasteiger partial charge on any atom is -0.365 e. The number of hydrogen-bond acceptors (Lipinski definition) is 10. The Labute approximate surface area is 189 Å². The molecule has 1 fully saturated rings. The van der Waals surface area contributed by atoms with Gasteiger partial charge in [-0.05, 0) is 35.5 Å². The van der Waals surface area contributed by atoms with Gasteiger partial charge >= 0.3 is 0 Å². The standard InChI is InChI=1S/C17H22N10O4S2/c18-32(28,29)16-14(33(30,31)24-10-3-5-19-7-10)2-1-13(15(16)17-22-25-26-23-17)27-6-4-11-12(8-27)21-9-20-11/h1-2,9-10,19,24H,3-8H2,(H,20,21)(H2,18,28,29)(H,22,23,25,26)/t10-/m1/s1. The molecule has 0 amide bonds. The molecule has 6 N–H and O–H groups in total. The van der Waals surface area contributed by atoms with Crippen LogP contribution in [0.3, 0.4) is 0 Å². The Morgan fingerprint density at radius 3 is 2.76 bits per heavy atom. The second-order valence-electron chi connectivity index (χ2n) is 7.89. The molecule has 2 aliphatic heterocycles. The maximum absolute atomic E-state index is 13.2. The van der Waals surface area contributed by atoms with Crippen LogP contribution in [0.2, 0.25) is 0 Å². The lowest BCUT2D eigenvalue weighted by Crippen LogP contribution is -2.37. The SMILES string of the molecule is NS(=O)(=O)c1c(S(=O)(=O)N[C@@H]2CCNC2)ccc(N2CCc3[nH]cnc3C2)c1-c1nnn[nH]1. The predicted molar refractivity (Wildman–Crippen MR) is 116 cm³/mol. The second-order valence-corrected chi connectivity index (χ2v) is 11.1. The molecular weight excluding hydrogens is 472 g/mol. The van der Waals surface area contributed by atoms with Crippen molar-refractivity contribution in [3.05, 3.63) is 29.8 Å². The van der Waals surface area contributed by atoms with Gasteiger partial charge in [0, 0.05) is 36.9 Å². The van der Waals surface area contributed by atoms with E-state index < -0.39 is 29.8 Å². The molecule has 0 unspecified atom stereocenters. The normalized spacial score (nSPS) is 19.1. The van der Waals surface area contributed by atoms with Gasteiger partial charge in [0.25, 0.3) is 0 Å². The smallest absolute Gasteiger partial charge is 0.242 e. The molecule has 5 rings (SSSR count). The van der Waals surface area contributed by atoms with Gasteiger partial charge in [0.2, 0.25) is 20.0 Å². The van der Waals surface area contributed by atoms with Crippen molar-refractivity contribution in [3.63, 3.8) is 0 Å². The first-order valence-corrected chi connectivity index (χ1v) is 13.2. The van der Waals surface area contributed by atoms with E-state index in [9.17, 15) is 16.8 Å². The van der Waals surface area contributed by atoms with Gasteiger partial charge < -0.3 is 15.2 Å². The Morgan fingerprint density at radius 2 is 2.06 bits per heavy atom. The summed E-state index contributed by atoms with van der Waals surface area (Å²) in [5.74, 6) is -0.0126. The number of nitrogens with one attached hydrogen (secondary N) is 4. The molecule has 0 saturated carbocycles. The van der Waals surface area contributed by atoms with Crippen LogP contribution in [0.1, 0.15) is 17.8 Å². The Morgan fingerprint density at radius 1 is 1.21 bits per heavy atom. The number of rotatable bonds is 6. The van der Waals surface area contributed by atoms with Crippen LogP contribution in [0.25, 0.3) is 11.4 Å². The van der Waals surface area contributed by atoms with E-state index in [2.05, 4.69) is 40.6 Å². The second kappa shape index (κ2) is 8.14. The summed E-state index contributed by atoms with van der Waals surface area (Å²) < 4.78 is 54.7. The fourth-order valence-corrected chi connectivity index (χ4v) is 7.13. The molecular formula is C17H22N10O4S2. The number of benzene rings is 1. The molecule has 2 aliphatic rings. The van der Waals surface area contributed by atoms with Crippen LogP contribution in [0.4, 0.5) is 5.69 Å². The summed E-state index contributed by atoms with van der Waals surface area (Å²) in [6.07, 6.45) is 2.83. The molecule has 0 bridgehead atoms. The number of nitrogens with two attached hydrogens (primary N) is 1. The summed E-state index contributed by atoms with van der Waals surface area (Å²) in [5, 5.41) is 22.1. The van der Waals surface area contributed by atoms with Crippen LogP contribution in [-0.4, -0.2) is 73.1 Å². The van der Waals surface area contributed by atoms with Crippen molar-refractivity contribution in [2.24, 2.45) is 5.14 Å². The zero-order valence-corrected chi connectivity index (χ0v) is 18.9. The number of hydrogen-bond donors (Lipinski definition) is 5. The van der Waals surface area contributed by atoms with Crippen LogP contribution < -0.4 is 20.1 Å². The topological polar surface area (TPSA) is 205 Å². The maximum Gasteiger partial charge on any atom is 0.242 e. The summed E-state index contributed by atoms with van der Waals surface area (Å²) in [6, 6.07) is 2.44. The van der Waals surface area contributed by atoms with E-state index in [-0.39, 0.29) is 17.4 Å². The third-order valence-corrected chi connectivity index (χ3v) is 8.44. The number of sulfonamides is 2. The van der Waals surface area contributed by atoms with Crippen LogP contribution in [-0.2, 0) is 33.0 Å². The lowest BCUT2D eigenvalue weighted by atomic mass is 10.1. The van der Waals surface area contributed by atoms with E-state index in [1.807, 2.05) is 4.90 Å². The number of tetrazole rings is 1. The number of imidazole rings is 1. The molecule has 1 saturated heterocycles. The van der Waals surface area contributed by atoms with Crippen LogP contribution in [0.15, 0.2) is 28.3 Å². The van der Waals surface area contributed by atoms with Gasteiger partial charge in [-0.2, -0.15) is 0 Å². The highest BCUT2D eigenvalue weighted by atomic mass is 32.2. The fourth-order valence-electron chi connectivity index (χ4n) is 4.26. The lowest BCUT2D eigenvalue weighted by Gasteiger charge is -2.30. The molecule has 176 valence electrons. The van der Waals surface area contributed by atoms with Gasteiger partial charge in [0.1, 0.15) is 9.79 Å².